The van der Waals surface area contributed by atoms with Gasteiger partial charge in [0, 0.05) is 30.5 Å². The second-order valence-corrected chi connectivity index (χ2v) is 8.31. The third kappa shape index (κ3) is 5.22. The van der Waals surface area contributed by atoms with Crippen LogP contribution in [0.5, 0.6) is 5.75 Å². The topological polar surface area (TPSA) is 50.4 Å². The van der Waals surface area contributed by atoms with Crippen LogP contribution in [0.4, 0.5) is 0 Å². The zero-order valence-corrected chi connectivity index (χ0v) is 17.5. The van der Waals surface area contributed by atoms with Crippen LogP contribution >= 0.6 is 24.2 Å². The fourth-order valence-corrected chi connectivity index (χ4v) is 4.71. The van der Waals surface area contributed by atoms with Gasteiger partial charge in [-0.15, -0.1) is 12.4 Å². The molecule has 4 rings (SSSR count). The first-order valence-electron chi connectivity index (χ1n) is 9.70. The Kier molecular flexibility index (Phi) is 7.65. The van der Waals surface area contributed by atoms with Crippen molar-refractivity contribution in [3.63, 3.8) is 0 Å². The second kappa shape index (κ2) is 10.2. The van der Waals surface area contributed by atoms with Crippen molar-refractivity contribution in [2.75, 3.05) is 24.7 Å². The number of aryl methyl sites for hydroxylation is 1. The highest BCUT2D eigenvalue weighted by Crippen LogP contribution is 2.30. The van der Waals surface area contributed by atoms with Crippen LogP contribution in [0.25, 0.3) is 0 Å². The molecule has 2 aromatic carbocycles. The molecule has 150 valence electrons. The molecule has 0 bridgehead atoms. The zero-order valence-electron chi connectivity index (χ0n) is 15.9. The molecule has 28 heavy (non-hydrogen) atoms. The number of carbonyl (C=O) groups is 1. The van der Waals surface area contributed by atoms with Gasteiger partial charge in [-0.3, -0.25) is 4.79 Å². The minimum Gasteiger partial charge on any atom is -0.493 e. The minimum absolute atomic E-state index is 0. The lowest BCUT2D eigenvalue weighted by atomic mass is 9.94. The van der Waals surface area contributed by atoms with E-state index >= 15 is 0 Å². The summed E-state index contributed by atoms with van der Waals surface area (Å²) in [5.41, 5.74) is 3.46. The third-order valence-electron chi connectivity index (χ3n) is 5.13. The maximum Gasteiger partial charge on any atom is 0.222 e. The van der Waals surface area contributed by atoms with Gasteiger partial charge in [0.1, 0.15) is 5.75 Å². The third-order valence-corrected chi connectivity index (χ3v) is 6.27. The lowest BCUT2D eigenvalue weighted by Gasteiger charge is -2.26. The van der Waals surface area contributed by atoms with E-state index in [1.54, 1.807) is 0 Å². The fraction of sp³-hybridized carbons (Fsp3) is 0.409. The van der Waals surface area contributed by atoms with Crippen molar-refractivity contribution >= 4 is 30.1 Å². The molecule has 4 nitrogen and oxygen atoms in total. The van der Waals surface area contributed by atoms with E-state index in [1.807, 2.05) is 36.0 Å². The molecule has 0 aromatic heterocycles. The molecule has 2 atom stereocenters. The van der Waals surface area contributed by atoms with E-state index in [-0.39, 0.29) is 30.4 Å². The van der Waals surface area contributed by atoms with Gasteiger partial charge in [-0.2, -0.15) is 11.8 Å². The molecular formula is C22H27ClN2O2S. The number of fused-ring (bicyclic) bond motifs is 1. The summed E-state index contributed by atoms with van der Waals surface area (Å²) in [6, 6.07) is 16.7. The summed E-state index contributed by atoms with van der Waals surface area (Å²) in [6.07, 6.45) is 2.59. The van der Waals surface area contributed by atoms with E-state index in [0.29, 0.717) is 6.42 Å². The quantitative estimate of drug-likeness (QED) is 0.776. The predicted molar refractivity (Wildman–Crippen MR) is 118 cm³/mol. The maximum atomic E-state index is 12.8. The summed E-state index contributed by atoms with van der Waals surface area (Å²) in [6.45, 7) is 1.77. The number of ether oxygens (including phenoxy) is 1. The Morgan fingerprint density at radius 1 is 1.21 bits per heavy atom. The molecule has 1 fully saturated rings. The van der Waals surface area contributed by atoms with Gasteiger partial charge < -0.3 is 15.4 Å². The molecule has 2 N–H and O–H groups in total. The van der Waals surface area contributed by atoms with Crippen LogP contribution in [0, 0.1) is 0 Å². The van der Waals surface area contributed by atoms with Gasteiger partial charge in [-0.05, 0) is 41.7 Å². The smallest absolute Gasteiger partial charge is 0.222 e. The Morgan fingerprint density at radius 3 is 2.86 bits per heavy atom. The molecule has 2 heterocycles. The normalized spacial score (nSPS) is 19.5. The monoisotopic (exact) mass is 418 g/mol. The fourth-order valence-electron chi connectivity index (χ4n) is 3.76. The van der Waals surface area contributed by atoms with Gasteiger partial charge in [-0.25, -0.2) is 0 Å². The Bertz CT molecular complexity index is 781. The molecule has 2 aromatic rings. The van der Waals surface area contributed by atoms with Crippen LogP contribution in [0.2, 0.25) is 0 Å². The summed E-state index contributed by atoms with van der Waals surface area (Å²) in [5, 5.41) is 6.72. The first-order valence-corrected chi connectivity index (χ1v) is 10.9. The molecule has 0 saturated carbocycles. The van der Waals surface area contributed by atoms with Crippen molar-refractivity contribution in [3.05, 3.63) is 65.2 Å². The van der Waals surface area contributed by atoms with Crippen molar-refractivity contribution < 1.29 is 9.53 Å². The molecule has 2 aliphatic rings. The average molecular weight is 419 g/mol. The first-order chi connectivity index (χ1) is 13.3. The number of nitrogens with one attached hydrogen (secondary N) is 2. The number of thioether (sulfide) groups is 1. The summed E-state index contributed by atoms with van der Waals surface area (Å²) < 4.78 is 5.75. The number of rotatable bonds is 5. The van der Waals surface area contributed by atoms with E-state index in [1.165, 1.54) is 5.56 Å². The number of carbonyl (C=O) groups excluding carboxylic acids is 1. The van der Waals surface area contributed by atoms with Crippen molar-refractivity contribution in [2.45, 2.75) is 31.3 Å². The molecule has 0 radical (unpaired) electrons. The van der Waals surface area contributed by atoms with Crippen LogP contribution in [0.3, 0.4) is 0 Å². The van der Waals surface area contributed by atoms with E-state index in [4.69, 9.17) is 4.74 Å². The Labute approximate surface area is 177 Å². The summed E-state index contributed by atoms with van der Waals surface area (Å²) >= 11 is 1.92. The predicted octanol–water partition coefficient (Wildman–Crippen LogP) is 3.73. The number of amides is 1. The van der Waals surface area contributed by atoms with Gasteiger partial charge in [0.2, 0.25) is 5.91 Å². The van der Waals surface area contributed by atoms with E-state index in [9.17, 15) is 4.79 Å². The molecular weight excluding hydrogens is 392 g/mol. The van der Waals surface area contributed by atoms with Gasteiger partial charge in [0.05, 0.1) is 12.6 Å². The van der Waals surface area contributed by atoms with E-state index < -0.39 is 0 Å². The van der Waals surface area contributed by atoms with Gasteiger partial charge in [0.15, 0.2) is 0 Å². The summed E-state index contributed by atoms with van der Waals surface area (Å²) in [7, 11) is 0. The zero-order chi connectivity index (χ0) is 18.5. The first kappa shape index (κ1) is 21.0. The SMILES string of the molecule is Cl.O=C(CC1CSCCN1)NC(c1ccccc1)c1ccc2c(c1)CCCO2. The van der Waals surface area contributed by atoms with Crippen molar-refractivity contribution in [3.8, 4) is 5.75 Å². The molecule has 1 amide bonds. The number of benzene rings is 2. The Morgan fingerprint density at radius 2 is 2.07 bits per heavy atom. The van der Waals surface area contributed by atoms with Gasteiger partial charge >= 0.3 is 0 Å². The number of hydrogen-bond donors (Lipinski definition) is 2. The molecule has 2 aliphatic heterocycles. The second-order valence-electron chi connectivity index (χ2n) is 7.16. The number of hydrogen-bond acceptors (Lipinski definition) is 4. The standard InChI is InChI=1S/C22H26N2O2S.ClH/c25-21(14-19-15-27-12-10-23-19)24-22(16-5-2-1-3-6-16)18-8-9-20-17(13-18)7-4-11-26-20;/h1-3,5-6,8-9,13,19,22-23H,4,7,10-12,14-15H2,(H,24,25);1H. The number of halogens is 1. The summed E-state index contributed by atoms with van der Waals surface area (Å²) in [4.78, 5) is 12.8. The molecule has 6 heteroatoms. The average Bonchev–Trinajstić information content (AvgIpc) is 2.73. The van der Waals surface area contributed by atoms with E-state index in [0.717, 1.165) is 54.4 Å². The summed E-state index contributed by atoms with van der Waals surface area (Å²) in [5.74, 6) is 3.20. The van der Waals surface area contributed by atoms with Crippen LogP contribution in [-0.2, 0) is 11.2 Å². The largest absolute Gasteiger partial charge is 0.493 e. The van der Waals surface area contributed by atoms with Crippen LogP contribution in [0.1, 0.15) is 35.6 Å². The maximum absolute atomic E-state index is 12.8. The van der Waals surface area contributed by atoms with E-state index in [2.05, 4.69) is 34.9 Å². The molecule has 1 saturated heterocycles. The highest BCUT2D eigenvalue weighted by molar-refractivity contribution is 7.99. The van der Waals surface area contributed by atoms with Crippen LogP contribution in [0.15, 0.2) is 48.5 Å². The van der Waals surface area contributed by atoms with Crippen LogP contribution < -0.4 is 15.4 Å². The van der Waals surface area contributed by atoms with Gasteiger partial charge in [0.25, 0.3) is 0 Å². The molecule has 0 aliphatic carbocycles. The lowest BCUT2D eigenvalue weighted by molar-refractivity contribution is -0.122. The minimum atomic E-state index is -0.137. The van der Waals surface area contributed by atoms with Crippen LogP contribution in [-0.4, -0.2) is 36.6 Å². The molecule has 0 spiro atoms. The molecule has 2 unspecified atom stereocenters. The van der Waals surface area contributed by atoms with Crippen molar-refractivity contribution in [1.29, 1.82) is 0 Å². The van der Waals surface area contributed by atoms with Gasteiger partial charge in [-0.1, -0.05) is 36.4 Å². The van der Waals surface area contributed by atoms with Crippen molar-refractivity contribution in [1.82, 2.24) is 10.6 Å². The lowest BCUT2D eigenvalue weighted by Crippen LogP contribution is -2.42. The Balaban J connectivity index is 0.00000225. The van der Waals surface area contributed by atoms with Crippen molar-refractivity contribution in [2.24, 2.45) is 0 Å². The highest BCUT2D eigenvalue weighted by Gasteiger charge is 2.22. The highest BCUT2D eigenvalue weighted by atomic mass is 35.5. The Hall–Kier alpha value is -1.69.